The highest BCUT2D eigenvalue weighted by atomic mass is 32.1. The Bertz CT molecular complexity index is 695. The Morgan fingerprint density at radius 2 is 1.77 bits per heavy atom. The molecule has 0 aliphatic heterocycles. The van der Waals surface area contributed by atoms with E-state index in [-0.39, 0.29) is 5.78 Å². The molecule has 0 radical (unpaired) electrons. The van der Waals surface area contributed by atoms with Crippen molar-refractivity contribution in [2.45, 2.75) is 26.7 Å². The van der Waals surface area contributed by atoms with Gasteiger partial charge in [-0.3, -0.25) is 4.79 Å². The fourth-order valence-corrected chi connectivity index (χ4v) is 2.44. The molecule has 2 aromatic rings. The van der Waals surface area contributed by atoms with Crippen molar-refractivity contribution in [3.05, 3.63) is 59.7 Å². The molecule has 0 unspecified atom stereocenters. The highest BCUT2D eigenvalue weighted by Crippen LogP contribution is 2.24. The minimum Gasteiger partial charge on any atom is -0.332 e. The summed E-state index contributed by atoms with van der Waals surface area (Å²) in [6.45, 7) is 5.84. The number of ketones is 1. The van der Waals surface area contributed by atoms with Crippen LogP contribution < -0.4 is 10.6 Å². The van der Waals surface area contributed by atoms with Gasteiger partial charge in [-0.25, -0.2) is 0 Å². The second-order valence-corrected chi connectivity index (χ2v) is 5.87. The van der Waals surface area contributed by atoms with Gasteiger partial charge in [0.15, 0.2) is 10.9 Å². The number of carbonyl (C=O) groups excluding carboxylic acids is 1. The monoisotopic (exact) mass is 312 g/mol. The van der Waals surface area contributed by atoms with Crippen LogP contribution in [0.5, 0.6) is 0 Å². The second kappa shape index (κ2) is 7.18. The highest BCUT2D eigenvalue weighted by molar-refractivity contribution is 7.80. The molecule has 0 saturated carbocycles. The van der Waals surface area contributed by atoms with Crippen LogP contribution in [0, 0.1) is 0 Å². The van der Waals surface area contributed by atoms with Gasteiger partial charge in [-0.05, 0) is 48.8 Å². The molecule has 2 rings (SSSR count). The van der Waals surface area contributed by atoms with Gasteiger partial charge in [0, 0.05) is 16.9 Å². The lowest BCUT2D eigenvalue weighted by Crippen LogP contribution is -2.20. The fourth-order valence-electron chi connectivity index (χ4n) is 2.21. The summed E-state index contributed by atoms with van der Waals surface area (Å²) in [5.74, 6) is 0.445. The van der Waals surface area contributed by atoms with Crippen LogP contribution in [0.2, 0.25) is 0 Å². The van der Waals surface area contributed by atoms with E-state index in [1.807, 2.05) is 30.3 Å². The van der Waals surface area contributed by atoms with Gasteiger partial charge in [-0.15, -0.1) is 0 Å². The number of hydrogen-bond acceptors (Lipinski definition) is 2. The van der Waals surface area contributed by atoms with E-state index >= 15 is 0 Å². The highest BCUT2D eigenvalue weighted by Gasteiger charge is 2.07. The van der Waals surface area contributed by atoms with Gasteiger partial charge < -0.3 is 10.6 Å². The molecule has 0 fully saturated rings. The van der Waals surface area contributed by atoms with Crippen LogP contribution in [-0.2, 0) is 0 Å². The Morgan fingerprint density at radius 3 is 2.45 bits per heavy atom. The van der Waals surface area contributed by atoms with E-state index in [9.17, 15) is 4.79 Å². The number of hydrogen-bond donors (Lipinski definition) is 2. The lowest BCUT2D eigenvalue weighted by atomic mass is 10.0. The minimum atomic E-state index is 0.0349. The molecule has 0 spiro atoms. The lowest BCUT2D eigenvalue weighted by Gasteiger charge is -2.16. The summed E-state index contributed by atoms with van der Waals surface area (Å²) in [6, 6.07) is 15.4. The third kappa shape index (κ3) is 4.15. The summed E-state index contributed by atoms with van der Waals surface area (Å²) >= 11 is 5.37. The van der Waals surface area contributed by atoms with Gasteiger partial charge in [0.1, 0.15) is 0 Å². The van der Waals surface area contributed by atoms with Crippen LogP contribution >= 0.6 is 12.2 Å². The predicted molar refractivity (Wildman–Crippen MR) is 96.8 cm³/mol. The Morgan fingerprint density at radius 1 is 1.05 bits per heavy atom. The van der Waals surface area contributed by atoms with E-state index in [1.54, 1.807) is 19.1 Å². The quantitative estimate of drug-likeness (QED) is 0.627. The SMILES string of the molecule is CC(=O)c1cccc(NC(=S)Nc2ccccc2C(C)C)c1. The van der Waals surface area contributed by atoms with E-state index in [0.29, 0.717) is 16.6 Å². The second-order valence-electron chi connectivity index (χ2n) is 5.46. The first kappa shape index (κ1) is 16.2. The van der Waals surface area contributed by atoms with Crippen LogP contribution in [0.15, 0.2) is 48.5 Å². The van der Waals surface area contributed by atoms with Crippen LogP contribution in [0.3, 0.4) is 0 Å². The topological polar surface area (TPSA) is 41.1 Å². The largest absolute Gasteiger partial charge is 0.332 e. The number of rotatable bonds is 4. The fraction of sp³-hybridized carbons (Fsp3) is 0.222. The minimum absolute atomic E-state index is 0.0349. The summed E-state index contributed by atoms with van der Waals surface area (Å²) in [5.41, 5.74) is 3.67. The Kier molecular flexibility index (Phi) is 5.28. The summed E-state index contributed by atoms with van der Waals surface area (Å²) in [6.07, 6.45) is 0. The van der Waals surface area contributed by atoms with Crippen molar-refractivity contribution < 1.29 is 4.79 Å². The van der Waals surface area contributed by atoms with Gasteiger partial charge in [-0.1, -0.05) is 44.2 Å². The van der Waals surface area contributed by atoms with Gasteiger partial charge in [0.2, 0.25) is 0 Å². The third-order valence-corrected chi connectivity index (χ3v) is 3.56. The molecule has 0 amide bonds. The van der Waals surface area contributed by atoms with Crippen molar-refractivity contribution in [1.82, 2.24) is 0 Å². The van der Waals surface area contributed by atoms with Crippen LogP contribution in [0.4, 0.5) is 11.4 Å². The van der Waals surface area contributed by atoms with Gasteiger partial charge in [0.25, 0.3) is 0 Å². The maximum atomic E-state index is 11.4. The van der Waals surface area contributed by atoms with E-state index in [0.717, 1.165) is 11.4 Å². The normalized spacial score (nSPS) is 10.4. The molecule has 4 heteroatoms. The average Bonchev–Trinajstić information content (AvgIpc) is 2.47. The van der Waals surface area contributed by atoms with Gasteiger partial charge >= 0.3 is 0 Å². The Hall–Kier alpha value is -2.20. The molecule has 0 aromatic heterocycles. The molecule has 0 aliphatic carbocycles. The first-order valence-corrected chi connectivity index (χ1v) is 7.66. The van der Waals surface area contributed by atoms with Crippen molar-refractivity contribution in [1.29, 1.82) is 0 Å². The zero-order chi connectivity index (χ0) is 16.1. The average molecular weight is 312 g/mol. The molecule has 2 aromatic carbocycles. The maximum Gasteiger partial charge on any atom is 0.175 e. The molecule has 0 atom stereocenters. The summed E-state index contributed by atoms with van der Waals surface area (Å²) in [4.78, 5) is 11.4. The molecule has 0 saturated heterocycles. The Labute approximate surface area is 136 Å². The number of para-hydroxylation sites is 1. The first-order valence-electron chi connectivity index (χ1n) is 7.25. The van der Waals surface area contributed by atoms with Crippen molar-refractivity contribution in [3.63, 3.8) is 0 Å². The number of nitrogens with one attached hydrogen (secondary N) is 2. The smallest absolute Gasteiger partial charge is 0.175 e. The molecule has 22 heavy (non-hydrogen) atoms. The molecule has 3 nitrogen and oxygen atoms in total. The van der Waals surface area contributed by atoms with Crippen LogP contribution in [0.1, 0.15) is 42.6 Å². The summed E-state index contributed by atoms with van der Waals surface area (Å²) in [5, 5.41) is 6.85. The molecule has 0 heterocycles. The van der Waals surface area contributed by atoms with Crippen LogP contribution in [0.25, 0.3) is 0 Å². The van der Waals surface area contributed by atoms with Crippen LogP contribution in [-0.4, -0.2) is 10.9 Å². The van der Waals surface area contributed by atoms with Crippen molar-refractivity contribution in [3.8, 4) is 0 Å². The lowest BCUT2D eigenvalue weighted by molar-refractivity contribution is 0.101. The van der Waals surface area contributed by atoms with E-state index < -0.39 is 0 Å². The molecule has 2 N–H and O–H groups in total. The number of Topliss-reactive ketones (excluding diaryl/α,β-unsaturated/α-hetero) is 1. The number of anilines is 2. The zero-order valence-corrected chi connectivity index (χ0v) is 13.8. The zero-order valence-electron chi connectivity index (χ0n) is 13.0. The summed E-state index contributed by atoms with van der Waals surface area (Å²) in [7, 11) is 0. The van der Waals surface area contributed by atoms with Crippen molar-refractivity contribution in [2.75, 3.05) is 10.6 Å². The summed E-state index contributed by atoms with van der Waals surface area (Å²) < 4.78 is 0. The van der Waals surface area contributed by atoms with Crippen molar-refractivity contribution >= 4 is 34.5 Å². The van der Waals surface area contributed by atoms with Gasteiger partial charge in [0.05, 0.1) is 0 Å². The Balaban J connectivity index is 2.11. The number of thiocarbonyl (C=S) groups is 1. The molecular formula is C18H20N2OS. The molecule has 0 aliphatic rings. The van der Waals surface area contributed by atoms with E-state index in [2.05, 4.69) is 30.5 Å². The third-order valence-electron chi connectivity index (χ3n) is 3.36. The molecular weight excluding hydrogens is 292 g/mol. The molecule has 0 bridgehead atoms. The molecule has 114 valence electrons. The van der Waals surface area contributed by atoms with E-state index in [4.69, 9.17) is 12.2 Å². The number of benzene rings is 2. The van der Waals surface area contributed by atoms with E-state index in [1.165, 1.54) is 5.56 Å². The van der Waals surface area contributed by atoms with Gasteiger partial charge in [-0.2, -0.15) is 0 Å². The number of carbonyl (C=O) groups is 1. The predicted octanol–water partition coefficient (Wildman–Crippen LogP) is 4.82. The van der Waals surface area contributed by atoms with Crippen molar-refractivity contribution in [2.24, 2.45) is 0 Å². The maximum absolute atomic E-state index is 11.4. The first-order chi connectivity index (χ1) is 10.5. The standard InChI is InChI=1S/C18H20N2OS/c1-12(2)16-9-4-5-10-17(16)20-18(22)19-15-8-6-7-14(11-15)13(3)21/h4-12H,1-3H3,(H2,19,20,22).